The van der Waals surface area contributed by atoms with Gasteiger partial charge in [-0.05, 0) is 55.3 Å². The number of rotatable bonds is 8. The molecule has 176 valence electrons. The summed E-state index contributed by atoms with van der Waals surface area (Å²) in [5.41, 5.74) is 5.42. The van der Waals surface area contributed by atoms with E-state index in [-0.39, 0.29) is 4.90 Å². The molecule has 8 nitrogen and oxygen atoms in total. The Morgan fingerprint density at radius 2 is 1.62 bits per heavy atom. The summed E-state index contributed by atoms with van der Waals surface area (Å²) in [7, 11) is -2.71. The maximum absolute atomic E-state index is 13.4. The molecular weight excluding hydrogens is 454 g/mol. The molecule has 0 spiro atoms. The number of esters is 1. The molecule has 0 aliphatic heterocycles. The Hall–Kier alpha value is -3.98. The van der Waals surface area contributed by atoms with Crippen molar-refractivity contribution in [2.45, 2.75) is 18.7 Å². The van der Waals surface area contributed by atoms with Gasteiger partial charge in [-0.1, -0.05) is 48.0 Å². The number of sulfonamides is 1. The quantitative estimate of drug-likeness (QED) is 0.303. The van der Waals surface area contributed by atoms with Gasteiger partial charge in [-0.2, -0.15) is 5.10 Å². The van der Waals surface area contributed by atoms with Gasteiger partial charge < -0.3 is 4.74 Å². The second-order valence-corrected chi connectivity index (χ2v) is 9.38. The molecular formula is C25H25N3O5S. The number of anilines is 1. The highest BCUT2D eigenvalue weighted by Crippen LogP contribution is 2.26. The van der Waals surface area contributed by atoms with E-state index >= 15 is 0 Å². The molecule has 0 atom stereocenters. The van der Waals surface area contributed by atoms with E-state index in [0.717, 1.165) is 9.87 Å². The van der Waals surface area contributed by atoms with Gasteiger partial charge in [0.15, 0.2) is 0 Å². The minimum atomic E-state index is -4.00. The number of carbonyl (C=O) groups is 2. The number of hydrogen-bond donors (Lipinski definition) is 1. The molecule has 0 aromatic heterocycles. The normalized spacial score (nSPS) is 11.3. The molecule has 3 aromatic carbocycles. The fraction of sp³-hybridized carbons (Fsp3) is 0.160. The summed E-state index contributed by atoms with van der Waals surface area (Å²) < 4.78 is 32.5. The minimum absolute atomic E-state index is 0.0864. The van der Waals surface area contributed by atoms with Crippen molar-refractivity contribution in [2.24, 2.45) is 5.10 Å². The SMILES string of the molecule is COC(=O)c1ccc(/C=N\NC(=O)CN(c2ccccc2C)S(=O)(=O)c2ccc(C)cc2)cc1. The molecule has 0 unspecified atom stereocenters. The van der Waals surface area contributed by atoms with Crippen molar-refractivity contribution in [3.63, 3.8) is 0 Å². The van der Waals surface area contributed by atoms with Crippen LogP contribution in [0.3, 0.4) is 0 Å². The number of amides is 1. The molecule has 0 fully saturated rings. The van der Waals surface area contributed by atoms with E-state index in [4.69, 9.17) is 0 Å². The maximum Gasteiger partial charge on any atom is 0.337 e. The Labute approximate surface area is 198 Å². The van der Waals surface area contributed by atoms with Gasteiger partial charge in [0.2, 0.25) is 0 Å². The van der Waals surface area contributed by atoms with Crippen LogP contribution in [0.4, 0.5) is 5.69 Å². The van der Waals surface area contributed by atoms with E-state index in [1.54, 1.807) is 67.6 Å². The zero-order valence-corrected chi connectivity index (χ0v) is 19.9. The van der Waals surface area contributed by atoms with Gasteiger partial charge in [0, 0.05) is 0 Å². The summed E-state index contributed by atoms with van der Waals surface area (Å²) in [6.07, 6.45) is 1.39. The van der Waals surface area contributed by atoms with Crippen LogP contribution in [0.5, 0.6) is 0 Å². The van der Waals surface area contributed by atoms with E-state index in [0.29, 0.717) is 22.4 Å². The van der Waals surface area contributed by atoms with Crippen LogP contribution in [-0.2, 0) is 19.6 Å². The first kappa shape index (κ1) is 24.7. The molecule has 0 bridgehead atoms. The summed E-state index contributed by atoms with van der Waals surface area (Å²) >= 11 is 0. The molecule has 0 saturated heterocycles. The lowest BCUT2D eigenvalue weighted by Gasteiger charge is -2.25. The summed E-state index contributed by atoms with van der Waals surface area (Å²) in [5.74, 6) is -1.07. The highest BCUT2D eigenvalue weighted by atomic mass is 32.2. The van der Waals surface area contributed by atoms with Crippen molar-refractivity contribution in [2.75, 3.05) is 18.0 Å². The number of carbonyl (C=O) groups excluding carboxylic acids is 2. The van der Waals surface area contributed by atoms with E-state index < -0.39 is 28.4 Å². The molecule has 9 heteroatoms. The third kappa shape index (κ3) is 5.87. The standard InChI is InChI=1S/C25H25N3O5S/c1-18-8-14-22(15-9-18)34(31,32)28(23-7-5-4-6-19(23)2)17-24(29)27-26-16-20-10-12-21(13-11-20)25(30)33-3/h4-16H,17H2,1-3H3,(H,27,29)/b26-16-. The fourth-order valence-electron chi connectivity index (χ4n) is 3.15. The zero-order valence-electron chi connectivity index (χ0n) is 19.1. The number of methoxy groups -OCH3 is 1. The molecule has 3 rings (SSSR count). The molecule has 3 aromatic rings. The Morgan fingerprint density at radius 3 is 2.24 bits per heavy atom. The largest absolute Gasteiger partial charge is 0.465 e. The van der Waals surface area contributed by atoms with Gasteiger partial charge in [0.05, 0.1) is 29.5 Å². The van der Waals surface area contributed by atoms with E-state index in [9.17, 15) is 18.0 Å². The molecule has 0 aliphatic rings. The van der Waals surface area contributed by atoms with Crippen LogP contribution >= 0.6 is 0 Å². The van der Waals surface area contributed by atoms with E-state index in [2.05, 4.69) is 15.3 Å². The lowest BCUT2D eigenvalue weighted by atomic mass is 10.1. The average Bonchev–Trinajstić information content (AvgIpc) is 2.83. The molecule has 1 N–H and O–H groups in total. The van der Waals surface area contributed by atoms with Gasteiger partial charge in [-0.25, -0.2) is 18.6 Å². The summed E-state index contributed by atoms with van der Waals surface area (Å²) in [6.45, 7) is 3.19. The first-order valence-electron chi connectivity index (χ1n) is 10.4. The van der Waals surface area contributed by atoms with Crippen molar-refractivity contribution < 1.29 is 22.7 Å². The number of hydrazone groups is 1. The Bertz CT molecular complexity index is 1300. The van der Waals surface area contributed by atoms with Gasteiger partial charge in [-0.3, -0.25) is 9.10 Å². The van der Waals surface area contributed by atoms with Crippen LogP contribution in [0, 0.1) is 13.8 Å². The van der Waals surface area contributed by atoms with Crippen molar-refractivity contribution in [1.29, 1.82) is 0 Å². The Balaban J connectivity index is 1.79. The lowest BCUT2D eigenvalue weighted by molar-refractivity contribution is -0.119. The van der Waals surface area contributed by atoms with Gasteiger partial charge in [0.1, 0.15) is 6.54 Å². The number of nitrogens with one attached hydrogen (secondary N) is 1. The lowest BCUT2D eigenvalue weighted by Crippen LogP contribution is -2.40. The predicted molar refractivity (Wildman–Crippen MR) is 130 cm³/mol. The van der Waals surface area contributed by atoms with Crippen molar-refractivity contribution in [1.82, 2.24) is 5.43 Å². The first-order chi connectivity index (χ1) is 16.2. The number of benzene rings is 3. The zero-order chi connectivity index (χ0) is 24.7. The number of ether oxygens (including phenoxy) is 1. The van der Waals surface area contributed by atoms with Crippen molar-refractivity contribution in [3.8, 4) is 0 Å². The topological polar surface area (TPSA) is 105 Å². The minimum Gasteiger partial charge on any atom is -0.465 e. The van der Waals surface area contributed by atoms with Crippen molar-refractivity contribution in [3.05, 3.63) is 95.1 Å². The molecule has 0 aliphatic carbocycles. The number of aryl methyl sites for hydroxylation is 2. The predicted octanol–water partition coefficient (Wildman–Crippen LogP) is 3.44. The van der Waals surface area contributed by atoms with Gasteiger partial charge in [-0.15, -0.1) is 0 Å². The molecule has 0 saturated carbocycles. The highest BCUT2D eigenvalue weighted by Gasteiger charge is 2.28. The van der Waals surface area contributed by atoms with Gasteiger partial charge >= 0.3 is 5.97 Å². The third-order valence-corrected chi connectivity index (χ3v) is 6.79. The highest BCUT2D eigenvalue weighted by molar-refractivity contribution is 7.92. The monoisotopic (exact) mass is 479 g/mol. The maximum atomic E-state index is 13.4. The smallest absolute Gasteiger partial charge is 0.337 e. The number of para-hydroxylation sites is 1. The molecule has 0 heterocycles. The number of nitrogens with zero attached hydrogens (tertiary/aromatic N) is 2. The summed E-state index contributed by atoms with van der Waals surface area (Å²) in [4.78, 5) is 24.2. The van der Waals surface area contributed by atoms with Crippen LogP contribution in [0.25, 0.3) is 0 Å². The fourth-order valence-corrected chi connectivity index (χ4v) is 4.63. The van der Waals surface area contributed by atoms with E-state index in [1.807, 2.05) is 6.92 Å². The van der Waals surface area contributed by atoms with Crippen LogP contribution in [0.15, 0.2) is 82.8 Å². The van der Waals surface area contributed by atoms with Crippen LogP contribution in [-0.4, -0.2) is 40.2 Å². The second kappa shape index (κ2) is 10.8. The second-order valence-electron chi connectivity index (χ2n) is 7.52. The average molecular weight is 480 g/mol. The Morgan fingerprint density at radius 1 is 0.971 bits per heavy atom. The molecule has 34 heavy (non-hydrogen) atoms. The summed E-state index contributed by atoms with van der Waals surface area (Å²) in [6, 6.07) is 19.8. The van der Waals surface area contributed by atoms with Gasteiger partial charge in [0.25, 0.3) is 15.9 Å². The number of hydrogen-bond acceptors (Lipinski definition) is 6. The van der Waals surface area contributed by atoms with Crippen molar-refractivity contribution >= 4 is 33.8 Å². The summed E-state index contributed by atoms with van der Waals surface area (Å²) in [5, 5.41) is 3.91. The first-order valence-corrected chi connectivity index (χ1v) is 11.8. The molecule has 0 radical (unpaired) electrons. The van der Waals surface area contributed by atoms with Crippen LogP contribution in [0.1, 0.15) is 27.0 Å². The van der Waals surface area contributed by atoms with E-state index in [1.165, 1.54) is 25.5 Å². The van der Waals surface area contributed by atoms with Crippen LogP contribution in [0.2, 0.25) is 0 Å². The third-order valence-electron chi connectivity index (χ3n) is 5.01. The molecule has 1 amide bonds. The Kier molecular flexibility index (Phi) is 7.80. The van der Waals surface area contributed by atoms with Crippen LogP contribution < -0.4 is 9.73 Å².